The van der Waals surface area contributed by atoms with Crippen LogP contribution in [0, 0.1) is 0 Å². The number of carbonyl (C=O) groups is 1. The van der Waals surface area contributed by atoms with Gasteiger partial charge >= 0.3 is 5.97 Å². The van der Waals surface area contributed by atoms with E-state index in [1.807, 2.05) is 0 Å². The number of rotatable bonds is 4. The molecule has 1 fully saturated rings. The lowest BCUT2D eigenvalue weighted by Gasteiger charge is -2.12. The summed E-state index contributed by atoms with van der Waals surface area (Å²) < 4.78 is 5.51. The van der Waals surface area contributed by atoms with Crippen LogP contribution >= 0.6 is 0 Å². The van der Waals surface area contributed by atoms with Crippen LogP contribution in [0.15, 0.2) is 12.4 Å². The molecule has 2 atom stereocenters. The SMILES string of the molecule is CC(Nc1cc(C2CCCO2)ncn1)C(=O)O. The minimum absolute atomic E-state index is 0.0127. The van der Waals surface area contributed by atoms with Crippen molar-refractivity contribution in [3.8, 4) is 0 Å². The first-order valence-corrected chi connectivity index (χ1v) is 5.59. The van der Waals surface area contributed by atoms with Crippen LogP contribution in [0.25, 0.3) is 0 Å². The van der Waals surface area contributed by atoms with Gasteiger partial charge in [-0.3, -0.25) is 4.79 Å². The summed E-state index contributed by atoms with van der Waals surface area (Å²) in [4.78, 5) is 18.9. The van der Waals surface area contributed by atoms with E-state index in [0.717, 1.165) is 25.1 Å². The number of carboxylic acid groups (broad SMARTS) is 1. The molecule has 92 valence electrons. The second-order valence-electron chi connectivity index (χ2n) is 4.03. The average molecular weight is 237 g/mol. The maximum atomic E-state index is 10.7. The van der Waals surface area contributed by atoms with Crippen molar-refractivity contribution in [3.05, 3.63) is 18.1 Å². The highest BCUT2D eigenvalue weighted by atomic mass is 16.5. The Kier molecular flexibility index (Phi) is 3.53. The van der Waals surface area contributed by atoms with E-state index in [1.54, 1.807) is 13.0 Å². The van der Waals surface area contributed by atoms with Gasteiger partial charge in [0.05, 0.1) is 11.8 Å². The normalized spacial score (nSPS) is 21.1. The first-order chi connectivity index (χ1) is 8.16. The minimum Gasteiger partial charge on any atom is -0.480 e. The number of anilines is 1. The first kappa shape index (κ1) is 11.8. The van der Waals surface area contributed by atoms with Crippen molar-refractivity contribution in [1.82, 2.24) is 9.97 Å². The molecule has 1 saturated heterocycles. The maximum Gasteiger partial charge on any atom is 0.325 e. The maximum absolute atomic E-state index is 10.7. The molecule has 1 aromatic rings. The van der Waals surface area contributed by atoms with Gasteiger partial charge in [0.2, 0.25) is 0 Å². The van der Waals surface area contributed by atoms with Crippen LogP contribution < -0.4 is 5.32 Å². The summed E-state index contributed by atoms with van der Waals surface area (Å²) in [6.07, 6.45) is 3.42. The molecular weight excluding hydrogens is 222 g/mol. The van der Waals surface area contributed by atoms with Crippen molar-refractivity contribution in [2.75, 3.05) is 11.9 Å². The fourth-order valence-corrected chi connectivity index (χ4v) is 1.72. The molecule has 0 saturated carbocycles. The van der Waals surface area contributed by atoms with Gasteiger partial charge in [-0.1, -0.05) is 0 Å². The third-order valence-electron chi connectivity index (χ3n) is 2.68. The van der Waals surface area contributed by atoms with Gasteiger partial charge < -0.3 is 15.2 Å². The molecule has 2 unspecified atom stereocenters. The zero-order valence-electron chi connectivity index (χ0n) is 9.59. The monoisotopic (exact) mass is 237 g/mol. The summed E-state index contributed by atoms with van der Waals surface area (Å²) in [5.41, 5.74) is 0.803. The second-order valence-corrected chi connectivity index (χ2v) is 4.03. The summed E-state index contributed by atoms with van der Waals surface area (Å²) in [7, 11) is 0. The van der Waals surface area contributed by atoms with Gasteiger partial charge in [-0.15, -0.1) is 0 Å². The lowest BCUT2D eigenvalue weighted by Crippen LogP contribution is -2.26. The van der Waals surface area contributed by atoms with Crippen molar-refractivity contribution in [3.63, 3.8) is 0 Å². The Morgan fingerprint density at radius 2 is 2.47 bits per heavy atom. The molecule has 2 rings (SSSR count). The smallest absolute Gasteiger partial charge is 0.325 e. The van der Waals surface area contributed by atoms with Crippen LogP contribution in [0.5, 0.6) is 0 Å². The number of hydrogen-bond donors (Lipinski definition) is 2. The Balaban J connectivity index is 2.08. The van der Waals surface area contributed by atoms with Crippen LogP contribution in [0.4, 0.5) is 5.82 Å². The lowest BCUT2D eigenvalue weighted by molar-refractivity contribution is -0.137. The summed E-state index contributed by atoms with van der Waals surface area (Å²) in [5.74, 6) is -0.400. The molecule has 0 bridgehead atoms. The van der Waals surface area contributed by atoms with Crippen LogP contribution in [-0.4, -0.2) is 33.7 Å². The fourth-order valence-electron chi connectivity index (χ4n) is 1.72. The van der Waals surface area contributed by atoms with E-state index in [0.29, 0.717) is 5.82 Å². The molecule has 0 aromatic carbocycles. The molecule has 17 heavy (non-hydrogen) atoms. The third-order valence-corrected chi connectivity index (χ3v) is 2.68. The Bertz CT molecular complexity index is 405. The molecule has 1 aliphatic rings. The average Bonchev–Trinajstić information content (AvgIpc) is 2.82. The number of aliphatic carboxylic acids is 1. The van der Waals surface area contributed by atoms with E-state index < -0.39 is 12.0 Å². The van der Waals surface area contributed by atoms with Gasteiger partial charge in [0.15, 0.2) is 0 Å². The Labute approximate surface area is 99.0 Å². The molecule has 0 amide bonds. The molecule has 2 heterocycles. The minimum atomic E-state index is -0.915. The summed E-state index contributed by atoms with van der Waals surface area (Å²) >= 11 is 0. The molecule has 6 heteroatoms. The first-order valence-electron chi connectivity index (χ1n) is 5.59. The molecule has 0 aliphatic carbocycles. The molecule has 6 nitrogen and oxygen atoms in total. The molecule has 1 aliphatic heterocycles. The zero-order chi connectivity index (χ0) is 12.3. The van der Waals surface area contributed by atoms with Crippen molar-refractivity contribution in [2.24, 2.45) is 0 Å². The Morgan fingerprint density at radius 1 is 1.65 bits per heavy atom. The number of nitrogens with one attached hydrogen (secondary N) is 1. The van der Waals surface area contributed by atoms with Crippen LogP contribution in [-0.2, 0) is 9.53 Å². The predicted molar refractivity (Wildman–Crippen MR) is 60.7 cm³/mol. The highest BCUT2D eigenvalue weighted by molar-refractivity contribution is 5.76. The van der Waals surface area contributed by atoms with Crippen LogP contribution in [0.1, 0.15) is 31.6 Å². The van der Waals surface area contributed by atoms with E-state index in [4.69, 9.17) is 9.84 Å². The quantitative estimate of drug-likeness (QED) is 0.818. The molecule has 2 N–H and O–H groups in total. The standard InChI is InChI=1S/C11H15N3O3/c1-7(11(15)16)14-10-5-8(12-6-13-10)9-3-2-4-17-9/h5-7,9H,2-4H2,1H3,(H,15,16)(H,12,13,14). The van der Waals surface area contributed by atoms with Crippen LogP contribution in [0.2, 0.25) is 0 Å². The number of carboxylic acids is 1. The lowest BCUT2D eigenvalue weighted by atomic mass is 10.2. The van der Waals surface area contributed by atoms with Gasteiger partial charge in [-0.05, 0) is 19.8 Å². The van der Waals surface area contributed by atoms with Gasteiger partial charge in [0.25, 0.3) is 0 Å². The molecule has 1 aromatic heterocycles. The number of aromatic nitrogens is 2. The van der Waals surface area contributed by atoms with Crippen molar-refractivity contribution in [2.45, 2.75) is 31.9 Å². The van der Waals surface area contributed by atoms with E-state index in [9.17, 15) is 4.79 Å². The summed E-state index contributed by atoms with van der Waals surface area (Å²) in [6, 6.07) is 1.07. The Hall–Kier alpha value is -1.69. The van der Waals surface area contributed by atoms with E-state index >= 15 is 0 Å². The molecular formula is C11H15N3O3. The Morgan fingerprint density at radius 3 is 3.12 bits per heavy atom. The van der Waals surface area contributed by atoms with Crippen molar-refractivity contribution >= 4 is 11.8 Å². The van der Waals surface area contributed by atoms with E-state index in [1.165, 1.54) is 6.33 Å². The highest BCUT2D eigenvalue weighted by Gasteiger charge is 2.20. The summed E-state index contributed by atoms with van der Waals surface area (Å²) in [6.45, 7) is 2.32. The largest absolute Gasteiger partial charge is 0.480 e. The van der Waals surface area contributed by atoms with Gasteiger partial charge in [0, 0.05) is 12.7 Å². The number of ether oxygens (including phenoxy) is 1. The van der Waals surface area contributed by atoms with Crippen molar-refractivity contribution in [1.29, 1.82) is 0 Å². The van der Waals surface area contributed by atoms with Gasteiger partial charge in [-0.2, -0.15) is 0 Å². The third kappa shape index (κ3) is 2.91. The van der Waals surface area contributed by atoms with E-state index in [2.05, 4.69) is 15.3 Å². The second kappa shape index (κ2) is 5.09. The fraction of sp³-hybridized carbons (Fsp3) is 0.545. The van der Waals surface area contributed by atoms with Gasteiger partial charge in [0.1, 0.15) is 18.2 Å². The number of hydrogen-bond acceptors (Lipinski definition) is 5. The highest BCUT2D eigenvalue weighted by Crippen LogP contribution is 2.27. The van der Waals surface area contributed by atoms with Gasteiger partial charge in [-0.25, -0.2) is 9.97 Å². The molecule has 0 spiro atoms. The van der Waals surface area contributed by atoms with Crippen LogP contribution in [0.3, 0.4) is 0 Å². The van der Waals surface area contributed by atoms with E-state index in [-0.39, 0.29) is 6.10 Å². The molecule has 0 radical (unpaired) electrons. The summed E-state index contributed by atoms with van der Waals surface area (Å²) in [5, 5.41) is 11.6. The topological polar surface area (TPSA) is 84.3 Å². The van der Waals surface area contributed by atoms with Crippen molar-refractivity contribution < 1.29 is 14.6 Å². The zero-order valence-corrected chi connectivity index (χ0v) is 9.59. The predicted octanol–water partition coefficient (Wildman–Crippen LogP) is 1.21. The number of nitrogens with zero attached hydrogens (tertiary/aromatic N) is 2.